The Morgan fingerprint density at radius 1 is 1.12 bits per heavy atom. The SMILES string of the molecule is CCc1ccc(-n2c(SCC(=O)Nc3ccc(C)cc3[N+](=O)[O-])nc3ccccc3c2=O)cc1. The van der Waals surface area contributed by atoms with Gasteiger partial charge in [0.25, 0.3) is 11.2 Å². The number of aromatic nitrogens is 2. The van der Waals surface area contributed by atoms with Crippen LogP contribution >= 0.6 is 11.8 Å². The first-order valence-corrected chi connectivity index (χ1v) is 11.6. The molecule has 34 heavy (non-hydrogen) atoms. The summed E-state index contributed by atoms with van der Waals surface area (Å²) in [5, 5.41) is 14.8. The van der Waals surface area contributed by atoms with Gasteiger partial charge in [-0.25, -0.2) is 4.98 Å². The lowest BCUT2D eigenvalue weighted by atomic mass is 10.1. The summed E-state index contributed by atoms with van der Waals surface area (Å²) in [6.07, 6.45) is 0.873. The van der Waals surface area contributed by atoms with Crippen molar-refractivity contribution in [2.75, 3.05) is 11.1 Å². The maximum atomic E-state index is 13.3. The van der Waals surface area contributed by atoms with E-state index >= 15 is 0 Å². The predicted molar refractivity (Wildman–Crippen MR) is 134 cm³/mol. The van der Waals surface area contributed by atoms with Gasteiger partial charge in [-0.1, -0.05) is 49.0 Å². The normalized spacial score (nSPS) is 10.9. The molecule has 1 N–H and O–H groups in total. The van der Waals surface area contributed by atoms with Crippen molar-refractivity contribution in [3.05, 3.63) is 98.3 Å². The van der Waals surface area contributed by atoms with Gasteiger partial charge in [0.05, 0.1) is 27.3 Å². The van der Waals surface area contributed by atoms with Crippen LogP contribution in [-0.4, -0.2) is 26.1 Å². The first-order chi connectivity index (χ1) is 16.4. The van der Waals surface area contributed by atoms with Gasteiger partial charge in [0.1, 0.15) is 5.69 Å². The summed E-state index contributed by atoms with van der Waals surface area (Å²) in [6.45, 7) is 3.79. The summed E-state index contributed by atoms with van der Waals surface area (Å²) < 4.78 is 1.49. The van der Waals surface area contributed by atoms with Crippen LogP contribution in [0.25, 0.3) is 16.6 Å². The molecule has 0 saturated heterocycles. The van der Waals surface area contributed by atoms with Gasteiger partial charge < -0.3 is 5.32 Å². The smallest absolute Gasteiger partial charge is 0.293 e. The molecule has 1 heterocycles. The van der Waals surface area contributed by atoms with Gasteiger partial charge >= 0.3 is 0 Å². The van der Waals surface area contributed by atoms with Crippen LogP contribution in [0.2, 0.25) is 0 Å². The van der Waals surface area contributed by atoms with Crippen LogP contribution in [0, 0.1) is 17.0 Å². The maximum absolute atomic E-state index is 13.3. The molecule has 0 radical (unpaired) electrons. The minimum Gasteiger partial charge on any atom is -0.320 e. The first-order valence-electron chi connectivity index (χ1n) is 10.7. The Balaban J connectivity index is 1.66. The second-order valence-corrected chi connectivity index (χ2v) is 8.63. The van der Waals surface area contributed by atoms with Crippen LogP contribution in [0.3, 0.4) is 0 Å². The molecule has 3 aromatic carbocycles. The van der Waals surface area contributed by atoms with Gasteiger partial charge in [-0.05, 0) is 54.8 Å². The number of anilines is 1. The van der Waals surface area contributed by atoms with Crippen LogP contribution in [-0.2, 0) is 11.2 Å². The number of nitrogens with zero attached hydrogens (tertiary/aromatic N) is 3. The lowest BCUT2D eigenvalue weighted by Crippen LogP contribution is -2.23. The zero-order chi connectivity index (χ0) is 24.2. The van der Waals surface area contributed by atoms with Crippen molar-refractivity contribution in [3.8, 4) is 5.69 Å². The zero-order valence-electron chi connectivity index (χ0n) is 18.6. The number of hydrogen-bond donors (Lipinski definition) is 1. The standard InChI is InChI=1S/C25H22N4O4S/c1-3-17-9-11-18(12-10-17)28-24(31)19-6-4-5-7-20(19)27-25(28)34-15-23(30)26-21-13-8-16(2)14-22(21)29(32)33/h4-14H,3,15H2,1-2H3,(H,26,30). The van der Waals surface area contributed by atoms with Crippen molar-refractivity contribution in [1.29, 1.82) is 0 Å². The predicted octanol–water partition coefficient (Wildman–Crippen LogP) is 4.90. The van der Waals surface area contributed by atoms with E-state index in [1.54, 1.807) is 37.3 Å². The number of benzene rings is 3. The van der Waals surface area contributed by atoms with E-state index in [1.807, 2.05) is 24.3 Å². The Morgan fingerprint density at radius 3 is 2.56 bits per heavy atom. The van der Waals surface area contributed by atoms with Crippen molar-refractivity contribution in [3.63, 3.8) is 0 Å². The highest BCUT2D eigenvalue weighted by atomic mass is 32.2. The topological polar surface area (TPSA) is 107 Å². The molecule has 0 unspecified atom stereocenters. The molecule has 0 spiro atoms. The highest BCUT2D eigenvalue weighted by molar-refractivity contribution is 7.99. The van der Waals surface area contributed by atoms with Crippen molar-refractivity contribution in [1.82, 2.24) is 9.55 Å². The average Bonchev–Trinajstić information content (AvgIpc) is 2.84. The molecule has 0 aliphatic heterocycles. The number of nitro benzene ring substituents is 1. The number of carbonyl (C=O) groups excluding carboxylic acids is 1. The summed E-state index contributed by atoms with van der Waals surface area (Å²) in [4.78, 5) is 41.4. The lowest BCUT2D eigenvalue weighted by Gasteiger charge is -2.14. The van der Waals surface area contributed by atoms with Gasteiger partial charge in [0.15, 0.2) is 5.16 Å². The maximum Gasteiger partial charge on any atom is 0.293 e. The number of carbonyl (C=O) groups is 1. The van der Waals surface area contributed by atoms with Gasteiger partial charge in [-0.15, -0.1) is 0 Å². The Hall–Kier alpha value is -3.98. The molecular formula is C25H22N4O4S. The number of thioether (sulfide) groups is 1. The molecule has 4 aromatic rings. The summed E-state index contributed by atoms with van der Waals surface area (Å²) >= 11 is 1.10. The number of fused-ring (bicyclic) bond motifs is 1. The Labute approximate surface area is 199 Å². The summed E-state index contributed by atoms with van der Waals surface area (Å²) in [6, 6.07) is 19.3. The van der Waals surface area contributed by atoms with Crippen LogP contribution in [0.4, 0.5) is 11.4 Å². The quantitative estimate of drug-likeness (QED) is 0.177. The van der Waals surface area contributed by atoms with Crippen molar-refractivity contribution < 1.29 is 9.72 Å². The number of amides is 1. The molecule has 0 atom stereocenters. The van der Waals surface area contributed by atoms with E-state index in [0.717, 1.165) is 29.3 Å². The zero-order valence-corrected chi connectivity index (χ0v) is 19.5. The number of hydrogen-bond acceptors (Lipinski definition) is 6. The second-order valence-electron chi connectivity index (χ2n) is 7.69. The van der Waals surface area contributed by atoms with Gasteiger partial charge in [-0.3, -0.25) is 24.3 Å². The number of nitro groups is 1. The van der Waals surface area contributed by atoms with Crippen LogP contribution < -0.4 is 10.9 Å². The molecule has 4 rings (SSSR count). The van der Waals surface area contributed by atoms with Gasteiger partial charge in [-0.2, -0.15) is 0 Å². The number of rotatable bonds is 7. The number of aryl methyl sites for hydroxylation is 2. The average molecular weight is 475 g/mol. The van der Waals surface area contributed by atoms with E-state index in [0.29, 0.717) is 21.7 Å². The lowest BCUT2D eigenvalue weighted by molar-refractivity contribution is -0.384. The molecule has 172 valence electrons. The van der Waals surface area contributed by atoms with Gasteiger partial charge in [0.2, 0.25) is 5.91 Å². The monoisotopic (exact) mass is 474 g/mol. The van der Waals surface area contributed by atoms with E-state index in [1.165, 1.54) is 16.7 Å². The van der Waals surface area contributed by atoms with Crippen molar-refractivity contribution in [2.45, 2.75) is 25.4 Å². The van der Waals surface area contributed by atoms with E-state index in [9.17, 15) is 19.7 Å². The number of para-hydroxylation sites is 1. The van der Waals surface area contributed by atoms with E-state index < -0.39 is 10.8 Å². The number of nitrogens with one attached hydrogen (secondary N) is 1. The molecule has 0 fully saturated rings. The Bertz CT molecular complexity index is 1450. The fraction of sp³-hybridized carbons (Fsp3) is 0.160. The first kappa shape index (κ1) is 23.2. The van der Waals surface area contributed by atoms with Crippen molar-refractivity contribution in [2.24, 2.45) is 0 Å². The molecule has 1 amide bonds. The molecule has 9 heteroatoms. The highest BCUT2D eigenvalue weighted by Gasteiger charge is 2.18. The third-order valence-corrected chi connectivity index (χ3v) is 6.24. The van der Waals surface area contributed by atoms with E-state index in [-0.39, 0.29) is 22.7 Å². The van der Waals surface area contributed by atoms with Crippen molar-refractivity contribution >= 4 is 39.9 Å². The van der Waals surface area contributed by atoms with Crippen LogP contribution in [0.1, 0.15) is 18.1 Å². The van der Waals surface area contributed by atoms with E-state index in [2.05, 4.69) is 17.2 Å². The van der Waals surface area contributed by atoms with Crippen LogP contribution in [0.15, 0.2) is 76.7 Å². The molecule has 0 aliphatic carbocycles. The molecule has 1 aromatic heterocycles. The minimum atomic E-state index is -0.529. The fourth-order valence-electron chi connectivity index (χ4n) is 3.53. The third-order valence-electron chi connectivity index (χ3n) is 5.30. The molecule has 0 bridgehead atoms. The highest BCUT2D eigenvalue weighted by Crippen LogP contribution is 2.26. The fourth-order valence-corrected chi connectivity index (χ4v) is 4.35. The van der Waals surface area contributed by atoms with Crippen LogP contribution in [0.5, 0.6) is 0 Å². The second kappa shape index (κ2) is 9.88. The van der Waals surface area contributed by atoms with E-state index in [4.69, 9.17) is 0 Å². The Kier molecular flexibility index (Phi) is 6.74. The third kappa shape index (κ3) is 4.84. The molecule has 8 nitrogen and oxygen atoms in total. The molecular weight excluding hydrogens is 452 g/mol. The minimum absolute atomic E-state index is 0.0805. The molecule has 0 aliphatic rings. The van der Waals surface area contributed by atoms with Gasteiger partial charge in [0, 0.05) is 6.07 Å². The summed E-state index contributed by atoms with van der Waals surface area (Å²) in [7, 11) is 0. The summed E-state index contributed by atoms with van der Waals surface area (Å²) in [5.41, 5.74) is 2.77. The Morgan fingerprint density at radius 2 is 1.85 bits per heavy atom. The largest absolute Gasteiger partial charge is 0.320 e. The molecule has 0 saturated carbocycles. The summed E-state index contributed by atoms with van der Waals surface area (Å²) in [5.74, 6) is -0.518.